The Labute approximate surface area is 179 Å². The SMILES string of the molecule is O=C(NOC[C@@H]1C[C@@H](n2cnc3ccccc32)CN1)C1CCC2CN1C(=O)N2OS. The summed E-state index contributed by atoms with van der Waals surface area (Å²) in [6.07, 6.45) is 4.01. The largest absolute Gasteiger partial charge is 0.345 e. The summed E-state index contributed by atoms with van der Waals surface area (Å²) in [5, 5.41) is 4.66. The van der Waals surface area contributed by atoms with E-state index in [1.807, 2.05) is 24.5 Å². The molecule has 3 aliphatic rings. The first kappa shape index (κ1) is 19.6. The summed E-state index contributed by atoms with van der Waals surface area (Å²) < 4.78 is 7.03. The molecule has 0 spiro atoms. The van der Waals surface area contributed by atoms with Crippen LogP contribution in [0, 0.1) is 0 Å². The number of para-hydroxylation sites is 2. The van der Waals surface area contributed by atoms with Gasteiger partial charge in [-0.1, -0.05) is 12.1 Å². The third-order valence-electron chi connectivity index (χ3n) is 6.24. The molecule has 4 heterocycles. The number of piperidine rings is 1. The molecule has 0 radical (unpaired) electrons. The standard InChI is InChI=1S/C19H24N6O4S/c26-18(17-6-5-13-9-23(17)19(27)25(13)29-30)22-28-10-12-7-14(8-20-12)24-11-21-15-3-1-2-4-16(15)24/h1-4,11-14,17,20,30H,5-10H2,(H,22,26)/t12-,13?,14+,17?/m0/s1. The van der Waals surface area contributed by atoms with Gasteiger partial charge in [-0.2, -0.15) is 5.06 Å². The zero-order valence-electron chi connectivity index (χ0n) is 16.3. The van der Waals surface area contributed by atoms with E-state index < -0.39 is 6.04 Å². The molecule has 3 amide bonds. The van der Waals surface area contributed by atoms with Gasteiger partial charge in [0.2, 0.25) is 0 Å². The third-order valence-corrected chi connectivity index (χ3v) is 6.42. The number of imidazole rings is 1. The number of amides is 3. The number of carbonyl (C=O) groups excluding carboxylic acids is 2. The number of aromatic nitrogens is 2. The van der Waals surface area contributed by atoms with Crippen LogP contribution in [0.25, 0.3) is 11.0 Å². The number of nitrogens with one attached hydrogen (secondary N) is 2. The highest BCUT2D eigenvalue weighted by Crippen LogP contribution is 2.30. The first-order valence-electron chi connectivity index (χ1n) is 10.1. The molecule has 4 atom stereocenters. The topological polar surface area (TPSA) is 101 Å². The highest BCUT2D eigenvalue weighted by molar-refractivity contribution is 7.75. The van der Waals surface area contributed by atoms with Crippen molar-refractivity contribution < 1.29 is 18.7 Å². The van der Waals surface area contributed by atoms with E-state index in [0.717, 1.165) is 24.0 Å². The number of rotatable bonds is 6. The van der Waals surface area contributed by atoms with E-state index in [4.69, 9.17) is 9.12 Å². The van der Waals surface area contributed by atoms with Crippen LogP contribution < -0.4 is 10.8 Å². The van der Waals surface area contributed by atoms with Gasteiger partial charge in [0.05, 0.1) is 30.0 Å². The average Bonchev–Trinajstić information content (AvgIpc) is 3.45. The first-order chi connectivity index (χ1) is 14.7. The molecular weight excluding hydrogens is 408 g/mol. The first-order valence-corrected chi connectivity index (χ1v) is 10.5. The summed E-state index contributed by atoms with van der Waals surface area (Å²) in [6, 6.07) is 7.53. The molecule has 2 unspecified atom stereocenters. The molecule has 2 N–H and O–H groups in total. The van der Waals surface area contributed by atoms with Crippen molar-refractivity contribution in [3.63, 3.8) is 0 Å². The van der Waals surface area contributed by atoms with Crippen LogP contribution >= 0.6 is 12.9 Å². The van der Waals surface area contributed by atoms with Crippen molar-refractivity contribution in [2.45, 2.75) is 43.4 Å². The number of hydrogen-bond donors (Lipinski definition) is 3. The second-order valence-electron chi connectivity index (χ2n) is 8.00. The summed E-state index contributed by atoms with van der Waals surface area (Å²) >= 11 is 3.73. The van der Waals surface area contributed by atoms with Gasteiger partial charge in [-0.15, -0.1) is 0 Å². The molecular formula is C19H24N6O4S. The molecule has 30 heavy (non-hydrogen) atoms. The molecule has 3 aliphatic heterocycles. The van der Waals surface area contributed by atoms with Crippen LogP contribution in [0.4, 0.5) is 4.79 Å². The zero-order chi connectivity index (χ0) is 20.7. The van der Waals surface area contributed by atoms with Crippen molar-refractivity contribution in [1.29, 1.82) is 0 Å². The molecule has 160 valence electrons. The lowest BCUT2D eigenvalue weighted by Gasteiger charge is -2.29. The van der Waals surface area contributed by atoms with Gasteiger partial charge >= 0.3 is 6.03 Å². The minimum atomic E-state index is -0.552. The van der Waals surface area contributed by atoms with Gasteiger partial charge in [0.1, 0.15) is 6.04 Å². The predicted octanol–water partition coefficient (Wildman–Crippen LogP) is 1.03. The Kier molecular flexibility index (Phi) is 5.27. The van der Waals surface area contributed by atoms with Crippen LogP contribution in [0.3, 0.4) is 0 Å². The second kappa shape index (κ2) is 8.06. The summed E-state index contributed by atoms with van der Waals surface area (Å²) in [5.74, 6) is -0.307. The van der Waals surface area contributed by atoms with Crippen molar-refractivity contribution >= 4 is 35.9 Å². The van der Waals surface area contributed by atoms with Crippen molar-refractivity contribution in [1.82, 2.24) is 30.3 Å². The Bertz CT molecular complexity index is 954. The lowest BCUT2D eigenvalue weighted by Crippen LogP contribution is -2.50. The van der Waals surface area contributed by atoms with Crippen LogP contribution in [-0.2, 0) is 13.9 Å². The predicted molar refractivity (Wildman–Crippen MR) is 110 cm³/mol. The van der Waals surface area contributed by atoms with Gasteiger partial charge < -0.3 is 14.8 Å². The van der Waals surface area contributed by atoms with Gasteiger partial charge in [0.25, 0.3) is 5.91 Å². The highest BCUT2D eigenvalue weighted by atomic mass is 32.1. The lowest BCUT2D eigenvalue weighted by molar-refractivity contribution is -0.139. The van der Waals surface area contributed by atoms with Crippen molar-refractivity contribution in [2.75, 3.05) is 19.7 Å². The van der Waals surface area contributed by atoms with Crippen molar-refractivity contribution in [2.24, 2.45) is 0 Å². The number of nitrogens with zero attached hydrogens (tertiary/aromatic N) is 4. The summed E-state index contributed by atoms with van der Waals surface area (Å²) in [6.45, 7) is 1.63. The van der Waals surface area contributed by atoms with E-state index in [-0.39, 0.29) is 30.1 Å². The smallest absolute Gasteiger partial charge is 0.326 e. The maximum atomic E-state index is 12.6. The van der Waals surface area contributed by atoms with E-state index >= 15 is 0 Å². The van der Waals surface area contributed by atoms with E-state index in [1.54, 1.807) is 0 Å². The fourth-order valence-corrected chi connectivity index (χ4v) is 4.90. The van der Waals surface area contributed by atoms with Gasteiger partial charge in [-0.3, -0.25) is 9.63 Å². The van der Waals surface area contributed by atoms with Crippen molar-refractivity contribution in [3.8, 4) is 0 Å². The number of hydrogen-bond acceptors (Lipinski definition) is 7. The summed E-state index contributed by atoms with van der Waals surface area (Å²) in [7, 11) is 0. The summed E-state index contributed by atoms with van der Waals surface area (Å²) in [4.78, 5) is 36.3. The minimum absolute atomic E-state index is 0.0566. The summed E-state index contributed by atoms with van der Waals surface area (Å²) in [5.41, 5.74) is 4.62. The number of thiol groups is 1. The number of urea groups is 1. The maximum absolute atomic E-state index is 12.6. The van der Waals surface area contributed by atoms with Crippen LogP contribution in [-0.4, -0.2) is 69.3 Å². The van der Waals surface area contributed by atoms with Gasteiger partial charge in [-0.25, -0.2) is 19.5 Å². The molecule has 0 aliphatic carbocycles. The van der Waals surface area contributed by atoms with Crippen LogP contribution in [0.1, 0.15) is 25.3 Å². The highest BCUT2D eigenvalue weighted by Gasteiger charge is 2.48. The van der Waals surface area contributed by atoms with Crippen molar-refractivity contribution in [3.05, 3.63) is 30.6 Å². The van der Waals surface area contributed by atoms with E-state index in [2.05, 4.69) is 39.3 Å². The van der Waals surface area contributed by atoms with Crippen LogP contribution in [0.5, 0.6) is 0 Å². The molecule has 10 nitrogen and oxygen atoms in total. The van der Waals surface area contributed by atoms with Gasteiger partial charge in [-0.05, 0) is 31.4 Å². The fraction of sp³-hybridized carbons (Fsp3) is 0.526. The number of benzene rings is 1. The molecule has 5 rings (SSSR count). The maximum Gasteiger partial charge on any atom is 0.345 e. The Morgan fingerprint density at radius 2 is 2.17 bits per heavy atom. The number of fused-ring (bicyclic) bond motifs is 3. The quantitative estimate of drug-likeness (QED) is 0.358. The average molecular weight is 433 g/mol. The van der Waals surface area contributed by atoms with Crippen LogP contribution in [0.15, 0.2) is 30.6 Å². The lowest BCUT2D eigenvalue weighted by atomic mass is 10.0. The number of hydroxylamine groups is 3. The molecule has 2 aromatic rings. The van der Waals surface area contributed by atoms with Gasteiger partial charge in [0, 0.05) is 38.1 Å². The molecule has 3 saturated heterocycles. The van der Waals surface area contributed by atoms with E-state index in [1.165, 1.54) is 9.96 Å². The number of carbonyl (C=O) groups is 2. The Morgan fingerprint density at radius 3 is 3.03 bits per heavy atom. The minimum Gasteiger partial charge on any atom is -0.326 e. The zero-order valence-corrected chi connectivity index (χ0v) is 17.2. The normalized spacial score (nSPS) is 28.5. The fourth-order valence-electron chi connectivity index (χ4n) is 4.70. The Hall–Kier alpha value is -2.34. The Balaban J connectivity index is 1.12. The molecule has 0 saturated carbocycles. The second-order valence-corrected chi connectivity index (χ2v) is 8.17. The van der Waals surface area contributed by atoms with E-state index in [9.17, 15) is 9.59 Å². The van der Waals surface area contributed by atoms with Gasteiger partial charge in [0.15, 0.2) is 0 Å². The monoisotopic (exact) mass is 432 g/mol. The molecule has 11 heteroatoms. The molecule has 2 bridgehead atoms. The van der Waals surface area contributed by atoms with Crippen LogP contribution in [0.2, 0.25) is 0 Å². The van der Waals surface area contributed by atoms with E-state index in [0.29, 0.717) is 26.0 Å². The molecule has 1 aromatic heterocycles. The Morgan fingerprint density at radius 1 is 1.30 bits per heavy atom. The molecule has 3 fully saturated rings. The molecule has 1 aromatic carbocycles. The third kappa shape index (κ3) is 3.41.